The molecule has 1 aromatic heterocycles. The second-order valence-corrected chi connectivity index (χ2v) is 5.10. The average molecular weight is 183 g/mol. The van der Waals surface area contributed by atoms with Crippen molar-refractivity contribution in [1.82, 2.24) is 4.98 Å². The van der Waals surface area contributed by atoms with E-state index in [9.17, 15) is 4.79 Å². The number of hydrogen-bond acceptors (Lipinski definition) is 3. The Kier molecular flexibility index (Phi) is 2.33. The molecule has 0 spiro atoms. The minimum absolute atomic E-state index is 0.0180. The molecular weight excluding hydrogens is 170 g/mol. The van der Waals surface area contributed by atoms with Crippen molar-refractivity contribution >= 4 is 11.3 Å². The molecule has 0 saturated heterocycles. The Morgan fingerprint density at radius 2 is 2.00 bits per heavy atom. The second-order valence-electron chi connectivity index (χ2n) is 3.86. The number of aromatic nitrogens is 1. The number of aryl methyl sites for hydroxylation is 1. The van der Waals surface area contributed by atoms with Gasteiger partial charge in [0.2, 0.25) is 0 Å². The van der Waals surface area contributed by atoms with Crippen molar-refractivity contribution < 1.29 is 0 Å². The molecule has 0 N–H and O–H groups in total. The molecule has 0 aliphatic rings. The van der Waals surface area contributed by atoms with Gasteiger partial charge in [-0.05, 0) is 6.92 Å². The molecule has 0 radical (unpaired) electrons. The van der Waals surface area contributed by atoms with Crippen LogP contribution in [0.2, 0.25) is 0 Å². The van der Waals surface area contributed by atoms with Crippen LogP contribution >= 0.6 is 11.3 Å². The molecule has 0 aromatic carbocycles. The summed E-state index contributed by atoms with van der Waals surface area (Å²) in [6.45, 7) is 8.11. The topological polar surface area (TPSA) is 30.0 Å². The van der Waals surface area contributed by atoms with Crippen molar-refractivity contribution in [1.29, 1.82) is 0 Å². The number of nitrogens with zero attached hydrogens (tertiary/aromatic N) is 1. The summed E-state index contributed by atoms with van der Waals surface area (Å²) in [7, 11) is 0. The third-order valence-corrected chi connectivity index (χ3v) is 2.77. The molecule has 3 heteroatoms. The van der Waals surface area contributed by atoms with E-state index in [1.54, 1.807) is 17.4 Å². The van der Waals surface area contributed by atoms with Crippen LogP contribution in [0.1, 0.15) is 30.7 Å². The van der Waals surface area contributed by atoms with Gasteiger partial charge in [-0.2, -0.15) is 0 Å². The van der Waals surface area contributed by atoms with Gasteiger partial charge in [-0.1, -0.05) is 20.8 Å². The van der Waals surface area contributed by atoms with Crippen molar-refractivity contribution in [3.05, 3.63) is 26.3 Å². The van der Waals surface area contributed by atoms with Crippen LogP contribution in [0.5, 0.6) is 0 Å². The van der Waals surface area contributed by atoms with Crippen LogP contribution in [0.15, 0.2) is 10.9 Å². The Labute approximate surface area is 76.3 Å². The zero-order valence-electron chi connectivity index (χ0n) is 7.84. The molecule has 0 aliphatic carbocycles. The average Bonchev–Trinajstić information content (AvgIpc) is 1.82. The van der Waals surface area contributed by atoms with Gasteiger partial charge in [0, 0.05) is 16.4 Å². The van der Waals surface area contributed by atoms with Crippen LogP contribution < -0.4 is 5.56 Å². The molecule has 12 heavy (non-hydrogen) atoms. The van der Waals surface area contributed by atoms with E-state index >= 15 is 0 Å². The summed E-state index contributed by atoms with van der Waals surface area (Å²) in [5.41, 5.74) is -0.147. The van der Waals surface area contributed by atoms with E-state index in [4.69, 9.17) is 0 Å². The van der Waals surface area contributed by atoms with E-state index in [0.717, 1.165) is 9.88 Å². The highest BCUT2D eigenvalue weighted by Crippen LogP contribution is 2.23. The molecule has 1 heterocycles. The summed E-state index contributed by atoms with van der Waals surface area (Å²) < 4.78 is 0. The molecule has 0 fully saturated rings. The summed E-state index contributed by atoms with van der Waals surface area (Å²) in [5.74, 6) is 0. The molecule has 0 saturated carbocycles. The van der Waals surface area contributed by atoms with Crippen molar-refractivity contribution in [3.63, 3.8) is 0 Å². The molecule has 0 unspecified atom stereocenters. The van der Waals surface area contributed by atoms with Crippen LogP contribution in [-0.4, -0.2) is 4.98 Å². The van der Waals surface area contributed by atoms with Crippen molar-refractivity contribution in [2.24, 2.45) is 0 Å². The van der Waals surface area contributed by atoms with Crippen LogP contribution in [0.4, 0.5) is 0 Å². The zero-order valence-corrected chi connectivity index (χ0v) is 8.66. The standard InChI is InChI=1S/C9H13NOS/c1-6-5-7(11)10-8(12-6)9(2,3)4/h5H,1-4H3. The quantitative estimate of drug-likeness (QED) is 0.616. The fraction of sp³-hybridized carbons (Fsp3) is 0.556. The third-order valence-electron chi connectivity index (χ3n) is 1.44. The number of rotatable bonds is 0. The van der Waals surface area contributed by atoms with Gasteiger partial charge in [0.05, 0.1) is 0 Å². The summed E-state index contributed by atoms with van der Waals surface area (Å²) >= 11 is 1.59. The predicted molar refractivity (Wildman–Crippen MR) is 51.8 cm³/mol. The third kappa shape index (κ3) is 2.14. The van der Waals surface area contributed by atoms with Gasteiger partial charge in [-0.15, -0.1) is 11.3 Å². The first-order valence-electron chi connectivity index (χ1n) is 3.89. The Hall–Kier alpha value is -0.700. The first-order chi connectivity index (χ1) is 5.39. The molecule has 0 bridgehead atoms. The van der Waals surface area contributed by atoms with Crippen molar-refractivity contribution in [3.8, 4) is 0 Å². The van der Waals surface area contributed by atoms with E-state index in [0.29, 0.717) is 0 Å². The highest BCUT2D eigenvalue weighted by molar-refractivity contribution is 7.11. The maximum absolute atomic E-state index is 11.1. The summed E-state index contributed by atoms with van der Waals surface area (Å²) in [6, 6.07) is 1.57. The van der Waals surface area contributed by atoms with Crippen LogP contribution in [0.3, 0.4) is 0 Å². The smallest absolute Gasteiger partial charge is 0.267 e. The van der Waals surface area contributed by atoms with E-state index < -0.39 is 0 Å². The summed E-state index contributed by atoms with van der Waals surface area (Å²) in [6.07, 6.45) is 0. The van der Waals surface area contributed by atoms with Crippen LogP contribution in [0, 0.1) is 6.92 Å². The van der Waals surface area contributed by atoms with Gasteiger partial charge < -0.3 is 0 Å². The largest absolute Gasteiger partial charge is 0.271 e. The number of hydrogen-bond donors (Lipinski definition) is 0. The Balaban J connectivity index is 3.27. The summed E-state index contributed by atoms with van der Waals surface area (Å²) in [5, 5.41) is 0.910. The normalized spacial score (nSPS) is 11.7. The first kappa shape index (κ1) is 9.39. The Bertz CT molecular complexity index is 335. The second kappa shape index (κ2) is 2.98. The van der Waals surface area contributed by atoms with Gasteiger partial charge in [-0.3, -0.25) is 4.79 Å². The minimum atomic E-state index is -0.129. The summed E-state index contributed by atoms with van der Waals surface area (Å²) in [4.78, 5) is 16.0. The lowest BCUT2D eigenvalue weighted by atomic mass is 9.98. The first-order valence-corrected chi connectivity index (χ1v) is 4.70. The van der Waals surface area contributed by atoms with Gasteiger partial charge in [0.25, 0.3) is 5.56 Å². The van der Waals surface area contributed by atoms with Crippen molar-refractivity contribution in [2.75, 3.05) is 0 Å². The van der Waals surface area contributed by atoms with Crippen LogP contribution in [0.25, 0.3) is 0 Å². The molecule has 1 aromatic rings. The molecule has 0 aliphatic heterocycles. The molecule has 1 rings (SSSR count). The molecule has 0 atom stereocenters. The predicted octanol–water partition coefficient (Wildman–Crippen LogP) is 2.11. The fourth-order valence-corrected chi connectivity index (χ4v) is 1.74. The minimum Gasteiger partial charge on any atom is -0.267 e. The Morgan fingerprint density at radius 3 is 2.42 bits per heavy atom. The van der Waals surface area contributed by atoms with Gasteiger partial charge in [-0.25, -0.2) is 4.98 Å². The van der Waals surface area contributed by atoms with Crippen LogP contribution in [-0.2, 0) is 5.41 Å². The van der Waals surface area contributed by atoms with E-state index in [2.05, 4.69) is 25.8 Å². The van der Waals surface area contributed by atoms with Gasteiger partial charge in [0.1, 0.15) is 5.01 Å². The van der Waals surface area contributed by atoms with Crippen molar-refractivity contribution in [2.45, 2.75) is 33.1 Å². The maximum atomic E-state index is 11.1. The van der Waals surface area contributed by atoms with Gasteiger partial charge in [0.15, 0.2) is 0 Å². The SMILES string of the molecule is Cc1cc(=O)nc(C(C)(C)C)s1. The molecule has 66 valence electrons. The zero-order chi connectivity index (χ0) is 9.35. The van der Waals surface area contributed by atoms with Gasteiger partial charge >= 0.3 is 0 Å². The fourth-order valence-electron chi connectivity index (χ4n) is 0.832. The monoisotopic (exact) mass is 183 g/mol. The molecular formula is C9H13NOS. The highest BCUT2D eigenvalue weighted by atomic mass is 32.1. The lowest BCUT2D eigenvalue weighted by Gasteiger charge is -2.15. The molecule has 2 nitrogen and oxygen atoms in total. The lowest BCUT2D eigenvalue weighted by Crippen LogP contribution is -2.17. The lowest BCUT2D eigenvalue weighted by molar-refractivity contribution is 0.582. The van der Waals surface area contributed by atoms with E-state index in [-0.39, 0.29) is 11.0 Å². The highest BCUT2D eigenvalue weighted by Gasteiger charge is 2.16. The maximum Gasteiger partial charge on any atom is 0.271 e. The molecule has 0 amide bonds. The Morgan fingerprint density at radius 1 is 1.42 bits per heavy atom. The van der Waals surface area contributed by atoms with E-state index in [1.165, 1.54) is 0 Å². The van der Waals surface area contributed by atoms with E-state index in [1.807, 2.05) is 6.92 Å².